The summed E-state index contributed by atoms with van der Waals surface area (Å²) in [4.78, 5) is 13.0. The van der Waals surface area contributed by atoms with Crippen LogP contribution in [0.2, 0.25) is 0 Å². The molecule has 2 N–H and O–H groups in total. The Bertz CT molecular complexity index is 470. The van der Waals surface area contributed by atoms with Crippen LogP contribution in [0.5, 0.6) is 0 Å². The van der Waals surface area contributed by atoms with Crippen molar-refractivity contribution in [3.63, 3.8) is 0 Å². The minimum atomic E-state index is -3.00. The van der Waals surface area contributed by atoms with Crippen molar-refractivity contribution in [1.82, 2.24) is 4.98 Å². The normalized spacial score (nSPS) is 10.1. The lowest BCUT2D eigenvalue weighted by molar-refractivity contribution is -0.384. The fraction of sp³-hybridized carbons (Fsp3) is 0.250. The average Bonchev–Trinajstić information content (AvgIpc) is 2.17. The lowest BCUT2D eigenvalue weighted by atomic mass is 10.1. The van der Waals surface area contributed by atoms with E-state index in [2.05, 4.69) is 4.98 Å². The molecule has 0 aliphatic carbocycles. The molecule has 0 saturated heterocycles. The lowest BCUT2D eigenvalue weighted by Crippen LogP contribution is -2.06. The summed E-state index contributed by atoms with van der Waals surface area (Å²) >= 11 is 0. The van der Waals surface area contributed by atoms with Crippen LogP contribution >= 0.6 is 0 Å². The van der Waals surface area contributed by atoms with Gasteiger partial charge in [-0.25, -0.2) is 8.78 Å². The van der Waals surface area contributed by atoms with Crippen LogP contribution in [0, 0.1) is 21.4 Å². The van der Waals surface area contributed by atoms with E-state index in [4.69, 9.17) is 11.0 Å². The number of rotatable bonds is 3. The summed E-state index contributed by atoms with van der Waals surface area (Å²) in [6.07, 6.45) is -2.61. The Balaban J connectivity index is 3.42. The zero-order valence-electron chi connectivity index (χ0n) is 7.85. The molecule has 1 aromatic heterocycles. The van der Waals surface area contributed by atoms with Crippen molar-refractivity contribution in [1.29, 1.82) is 5.26 Å². The summed E-state index contributed by atoms with van der Waals surface area (Å²) in [5.41, 5.74) is 2.95. The second kappa shape index (κ2) is 4.48. The predicted octanol–water partition coefficient (Wildman–Crippen LogP) is 1.58. The second-order valence-corrected chi connectivity index (χ2v) is 2.81. The van der Waals surface area contributed by atoms with Gasteiger partial charge in [-0.15, -0.1) is 0 Å². The van der Waals surface area contributed by atoms with Crippen molar-refractivity contribution < 1.29 is 13.7 Å². The second-order valence-electron chi connectivity index (χ2n) is 2.81. The number of nitrogens with two attached hydrogens (primary N) is 1. The zero-order valence-corrected chi connectivity index (χ0v) is 7.85. The van der Waals surface area contributed by atoms with Gasteiger partial charge in [-0.05, 0) is 0 Å². The SMILES string of the molecule is N#CCc1ncc([N+](=O)[O-])c(N)c1C(F)F. The highest BCUT2D eigenvalue weighted by molar-refractivity contribution is 5.63. The fourth-order valence-corrected chi connectivity index (χ4v) is 1.18. The minimum Gasteiger partial charge on any atom is -0.393 e. The first kappa shape index (κ1) is 11.8. The Morgan fingerprint density at radius 1 is 1.69 bits per heavy atom. The average molecular weight is 228 g/mol. The molecule has 0 saturated carbocycles. The van der Waals surface area contributed by atoms with Gasteiger partial charge in [0.25, 0.3) is 6.43 Å². The van der Waals surface area contributed by atoms with E-state index in [9.17, 15) is 18.9 Å². The van der Waals surface area contributed by atoms with Crippen LogP contribution in [0.3, 0.4) is 0 Å². The van der Waals surface area contributed by atoms with Crippen molar-refractivity contribution in [2.45, 2.75) is 12.8 Å². The van der Waals surface area contributed by atoms with Crippen molar-refractivity contribution in [3.05, 3.63) is 27.6 Å². The van der Waals surface area contributed by atoms with Crippen LogP contribution in [0.15, 0.2) is 6.20 Å². The molecular formula is C8H6F2N4O2. The number of hydrogen-bond donors (Lipinski definition) is 1. The Morgan fingerprint density at radius 3 is 2.75 bits per heavy atom. The molecule has 8 heteroatoms. The van der Waals surface area contributed by atoms with Gasteiger partial charge in [-0.1, -0.05) is 0 Å². The molecule has 0 atom stereocenters. The van der Waals surface area contributed by atoms with Gasteiger partial charge in [0.15, 0.2) is 0 Å². The monoisotopic (exact) mass is 228 g/mol. The van der Waals surface area contributed by atoms with E-state index in [1.165, 1.54) is 0 Å². The number of nitriles is 1. The van der Waals surface area contributed by atoms with E-state index in [1.54, 1.807) is 6.07 Å². The van der Waals surface area contributed by atoms with E-state index < -0.39 is 28.3 Å². The molecule has 0 unspecified atom stereocenters. The summed E-state index contributed by atoms with van der Waals surface area (Å²) < 4.78 is 25.2. The minimum absolute atomic E-state index is 0.236. The molecule has 1 rings (SSSR count). The van der Waals surface area contributed by atoms with Crippen molar-refractivity contribution in [2.75, 3.05) is 5.73 Å². The highest BCUT2D eigenvalue weighted by atomic mass is 19.3. The maximum absolute atomic E-state index is 12.6. The van der Waals surface area contributed by atoms with E-state index in [0.717, 1.165) is 6.20 Å². The summed E-state index contributed by atoms with van der Waals surface area (Å²) in [5, 5.41) is 18.8. The van der Waals surface area contributed by atoms with Gasteiger partial charge in [0.2, 0.25) is 0 Å². The molecule has 1 heterocycles. The van der Waals surface area contributed by atoms with Crippen LogP contribution in [0.4, 0.5) is 20.2 Å². The highest BCUT2D eigenvalue weighted by Gasteiger charge is 2.25. The summed E-state index contributed by atoms with van der Waals surface area (Å²) in [5.74, 6) is 0. The number of nitro groups is 1. The van der Waals surface area contributed by atoms with Crippen LogP contribution in [0.1, 0.15) is 17.7 Å². The van der Waals surface area contributed by atoms with Crippen molar-refractivity contribution in [2.24, 2.45) is 0 Å². The molecule has 0 bridgehead atoms. The van der Waals surface area contributed by atoms with E-state index in [1.807, 2.05) is 0 Å². The molecule has 0 fully saturated rings. The van der Waals surface area contributed by atoms with Crippen LogP contribution in [-0.4, -0.2) is 9.91 Å². The van der Waals surface area contributed by atoms with Gasteiger partial charge in [0, 0.05) is 0 Å². The first-order valence-electron chi connectivity index (χ1n) is 4.05. The van der Waals surface area contributed by atoms with Crippen molar-refractivity contribution in [3.8, 4) is 6.07 Å². The molecule has 0 amide bonds. The summed E-state index contributed by atoms with van der Waals surface area (Å²) in [7, 11) is 0. The predicted molar refractivity (Wildman–Crippen MR) is 49.6 cm³/mol. The summed E-state index contributed by atoms with van der Waals surface area (Å²) in [6.45, 7) is 0. The van der Waals surface area contributed by atoms with Crippen LogP contribution in [0.25, 0.3) is 0 Å². The molecule has 84 valence electrons. The molecule has 0 radical (unpaired) electrons. The first-order valence-corrected chi connectivity index (χ1v) is 4.05. The van der Waals surface area contributed by atoms with Gasteiger partial charge in [0.05, 0.1) is 28.7 Å². The Kier molecular flexibility index (Phi) is 3.30. The number of pyridine rings is 1. The third-order valence-electron chi connectivity index (χ3n) is 1.88. The van der Waals surface area contributed by atoms with E-state index in [-0.39, 0.29) is 12.1 Å². The molecular weight excluding hydrogens is 222 g/mol. The molecule has 1 aromatic rings. The molecule has 0 aromatic carbocycles. The number of aromatic nitrogens is 1. The molecule has 0 aliphatic rings. The van der Waals surface area contributed by atoms with Gasteiger partial charge in [-0.3, -0.25) is 15.1 Å². The number of hydrogen-bond acceptors (Lipinski definition) is 5. The lowest BCUT2D eigenvalue weighted by Gasteiger charge is -2.08. The third-order valence-corrected chi connectivity index (χ3v) is 1.88. The zero-order chi connectivity index (χ0) is 12.3. The fourth-order valence-electron chi connectivity index (χ4n) is 1.18. The van der Waals surface area contributed by atoms with Gasteiger partial charge >= 0.3 is 5.69 Å². The van der Waals surface area contributed by atoms with Gasteiger partial charge in [-0.2, -0.15) is 5.26 Å². The number of nitrogen functional groups attached to an aromatic ring is 1. The van der Waals surface area contributed by atoms with E-state index >= 15 is 0 Å². The van der Waals surface area contributed by atoms with E-state index in [0.29, 0.717) is 0 Å². The summed E-state index contributed by atoms with van der Waals surface area (Å²) in [6, 6.07) is 1.63. The topological polar surface area (TPSA) is 106 Å². The van der Waals surface area contributed by atoms with Gasteiger partial charge < -0.3 is 5.73 Å². The first-order chi connectivity index (χ1) is 7.49. The standard InChI is InChI=1S/C8H6F2N4O2/c9-8(10)6-4(1-2-11)13-3-5(7(6)12)14(15)16/h3,8H,1H2,(H2,12,13). The maximum atomic E-state index is 12.6. The number of halogens is 2. The highest BCUT2D eigenvalue weighted by Crippen LogP contribution is 2.33. The number of nitrogens with zero attached hydrogens (tertiary/aromatic N) is 3. The number of alkyl halides is 2. The molecule has 16 heavy (non-hydrogen) atoms. The Hall–Kier alpha value is -2.30. The number of anilines is 1. The largest absolute Gasteiger partial charge is 0.393 e. The molecule has 0 aliphatic heterocycles. The van der Waals surface area contributed by atoms with Gasteiger partial charge in [0.1, 0.15) is 11.9 Å². The van der Waals surface area contributed by atoms with Crippen LogP contribution < -0.4 is 5.73 Å². The Labute approximate surface area is 88.5 Å². The molecule has 6 nitrogen and oxygen atoms in total. The third kappa shape index (κ3) is 2.03. The maximum Gasteiger partial charge on any atom is 0.310 e. The quantitative estimate of drug-likeness (QED) is 0.624. The smallest absolute Gasteiger partial charge is 0.310 e. The van der Waals surface area contributed by atoms with Crippen LogP contribution in [-0.2, 0) is 6.42 Å². The van der Waals surface area contributed by atoms with Crippen molar-refractivity contribution >= 4 is 11.4 Å². The molecule has 0 spiro atoms. The Morgan fingerprint density at radius 2 is 2.31 bits per heavy atom.